The van der Waals surface area contributed by atoms with E-state index >= 15 is 0 Å². The van der Waals surface area contributed by atoms with Gasteiger partial charge in [0.15, 0.2) is 0 Å². The van der Waals surface area contributed by atoms with E-state index in [-0.39, 0.29) is 0 Å². The molecule has 1 aliphatic carbocycles. The van der Waals surface area contributed by atoms with Gasteiger partial charge in [0, 0.05) is 0 Å². The van der Waals surface area contributed by atoms with Gasteiger partial charge in [-0.2, -0.15) is 0 Å². The van der Waals surface area contributed by atoms with Crippen LogP contribution in [0.25, 0.3) is 0 Å². The van der Waals surface area contributed by atoms with Gasteiger partial charge in [0.05, 0.1) is 0 Å². The average Bonchev–Trinajstić information content (AvgIpc) is 2.92. The van der Waals surface area contributed by atoms with E-state index in [0.717, 1.165) is 11.8 Å². The fraction of sp³-hybridized carbons (Fsp3) is 0.636. The van der Waals surface area contributed by atoms with Crippen molar-refractivity contribution in [1.29, 1.82) is 0 Å². The number of unbranched alkanes of at least 4 members (excludes halogenated alkanes) is 1. The molecule has 126 valence electrons. The summed E-state index contributed by atoms with van der Waals surface area (Å²) >= 11 is 0. The van der Waals surface area contributed by atoms with Crippen LogP contribution in [0.3, 0.4) is 0 Å². The van der Waals surface area contributed by atoms with Gasteiger partial charge in [-0.05, 0) is 71.1 Å². The highest BCUT2D eigenvalue weighted by molar-refractivity contribution is 5.18. The van der Waals surface area contributed by atoms with Crippen LogP contribution >= 0.6 is 0 Å². The van der Waals surface area contributed by atoms with E-state index < -0.39 is 0 Å². The molecule has 0 aromatic carbocycles. The Hall–Kier alpha value is -1.04. The first kappa shape index (κ1) is 21.0. The second kappa shape index (κ2) is 13.6. The molecule has 0 radical (unpaired) electrons. The molecule has 0 nitrogen and oxygen atoms in total. The normalized spacial score (nSPS) is 21.1. The maximum absolute atomic E-state index is 2.44. The lowest BCUT2D eigenvalue weighted by Gasteiger charge is -2.05. The zero-order valence-corrected chi connectivity index (χ0v) is 15.9. The van der Waals surface area contributed by atoms with Gasteiger partial charge in [0.2, 0.25) is 0 Å². The van der Waals surface area contributed by atoms with Crippen LogP contribution in [-0.4, -0.2) is 0 Å². The predicted octanol–water partition coefficient (Wildman–Crippen LogP) is 7.64. The number of rotatable bonds is 6. The van der Waals surface area contributed by atoms with Gasteiger partial charge >= 0.3 is 0 Å². The minimum atomic E-state index is 0.742. The van der Waals surface area contributed by atoms with Gasteiger partial charge in [-0.15, -0.1) is 0 Å². The SMILES string of the molecule is C/C=C\C(=C/C)CCC/C=C/C1CCC/C1=C/C.CC(C)C. The third-order valence-electron chi connectivity index (χ3n) is 3.78. The van der Waals surface area contributed by atoms with Crippen LogP contribution in [0.5, 0.6) is 0 Å². The van der Waals surface area contributed by atoms with Crippen molar-refractivity contribution in [3.8, 4) is 0 Å². The van der Waals surface area contributed by atoms with Gasteiger partial charge in [-0.1, -0.05) is 68.4 Å². The summed E-state index contributed by atoms with van der Waals surface area (Å²) in [5.41, 5.74) is 3.11. The van der Waals surface area contributed by atoms with E-state index in [0.29, 0.717) is 0 Å². The molecule has 1 unspecified atom stereocenters. The highest BCUT2D eigenvalue weighted by Gasteiger charge is 2.16. The van der Waals surface area contributed by atoms with Crippen molar-refractivity contribution in [2.75, 3.05) is 0 Å². The fourth-order valence-corrected chi connectivity index (χ4v) is 2.70. The number of allylic oxidation sites excluding steroid dienone is 8. The van der Waals surface area contributed by atoms with E-state index in [4.69, 9.17) is 0 Å². The molecule has 0 heterocycles. The van der Waals surface area contributed by atoms with Crippen LogP contribution in [0, 0.1) is 11.8 Å². The highest BCUT2D eigenvalue weighted by atomic mass is 14.2. The zero-order chi connectivity index (χ0) is 16.8. The van der Waals surface area contributed by atoms with Crippen LogP contribution in [0.1, 0.15) is 80.1 Å². The molecule has 22 heavy (non-hydrogen) atoms. The van der Waals surface area contributed by atoms with Gasteiger partial charge in [0.1, 0.15) is 0 Å². The first-order chi connectivity index (χ1) is 10.5. The Kier molecular flexibility index (Phi) is 13.0. The maximum atomic E-state index is 2.44. The highest BCUT2D eigenvalue weighted by Crippen LogP contribution is 2.31. The molecule has 1 saturated carbocycles. The van der Waals surface area contributed by atoms with Gasteiger partial charge in [-0.25, -0.2) is 0 Å². The molecule has 0 spiro atoms. The van der Waals surface area contributed by atoms with Crippen molar-refractivity contribution in [2.24, 2.45) is 11.8 Å². The van der Waals surface area contributed by atoms with Crippen molar-refractivity contribution in [3.63, 3.8) is 0 Å². The first-order valence-corrected chi connectivity index (χ1v) is 9.14. The lowest BCUT2D eigenvalue weighted by atomic mass is 10.0. The third-order valence-corrected chi connectivity index (χ3v) is 3.78. The molecule has 0 aliphatic heterocycles. The fourth-order valence-electron chi connectivity index (χ4n) is 2.70. The van der Waals surface area contributed by atoms with Gasteiger partial charge < -0.3 is 0 Å². The standard InChI is InChI=1S/C18H28.C4H10/c1-4-11-16(5-2)12-8-7-9-13-18-15-10-14-17(18)6-3;1-4(2)3/h4-6,9,11,13,18H,7-8,10,12,14-15H2,1-3H3;4H,1-3H3/b11-4-,13-9+,16-5+,17-6-;. The Labute approximate surface area is 140 Å². The lowest BCUT2D eigenvalue weighted by molar-refractivity contribution is 0.737. The molecular formula is C22H38. The molecule has 0 saturated heterocycles. The molecule has 1 rings (SSSR count). The Morgan fingerprint density at radius 1 is 1.18 bits per heavy atom. The molecule has 1 fully saturated rings. The molecule has 0 amide bonds. The summed E-state index contributed by atoms with van der Waals surface area (Å²) in [7, 11) is 0. The molecule has 0 N–H and O–H groups in total. The molecule has 0 heteroatoms. The van der Waals surface area contributed by atoms with E-state index in [1.807, 2.05) is 0 Å². The summed E-state index contributed by atoms with van der Waals surface area (Å²) < 4.78 is 0. The summed E-state index contributed by atoms with van der Waals surface area (Å²) in [4.78, 5) is 0. The van der Waals surface area contributed by atoms with Crippen LogP contribution in [-0.2, 0) is 0 Å². The molecule has 1 atom stereocenters. The van der Waals surface area contributed by atoms with E-state index in [1.54, 1.807) is 5.57 Å². The van der Waals surface area contributed by atoms with Crippen molar-refractivity contribution < 1.29 is 0 Å². The van der Waals surface area contributed by atoms with Crippen molar-refractivity contribution in [3.05, 3.63) is 47.6 Å². The van der Waals surface area contributed by atoms with Crippen molar-refractivity contribution in [2.45, 2.75) is 80.1 Å². The number of hydrogen-bond donors (Lipinski definition) is 0. The Morgan fingerprint density at radius 2 is 1.86 bits per heavy atom. The summed E-state index contributed by atoms with van der Waals surface area (Å²) in [5, 5.41) is 0. The first-order valence-electron chi connectivity index (χ1n) is 9.14. The monoisotopic (exact) mass is 302 g/mol. The molecule has 0 aromatic rings. The lowest BCUT2D eigenvalue weighted by Crippen LogP contribution is -1.90. The Bertz CT molecular complexity index is 374. The third kappa shape index (κ3) is 10.7. The zero-order valence-electron chi connectivity index (χ0n) is 15.9. The minimum absolute atomic E-state index is 0.742. The van der Waals surface area contributed by atoms with Gasteiger partial charge in [-0.3, -0.25) is 0 Å². The van der Waals surface area contributed by atoms with E-state index in [9.17, 15) is 0 Å². The predicted molar refractivity (Wildman–Crippen MR) is 103 cm³/mol. The summed E-state index contributed by atoms with van der Waals surface area (Å²) in [6.07, 6.45) is 21.4. The molecular weight excluding hydrogens is 264 g/mol. The molecule has 1 aliphatic rings. The minimum Gasteiger partial charge on any atom is -0.0879 e. The maximum Gasteiger partial charge on any atom is -0.00233 e. The van der Waals surface area contributed by atoms with Crippen molar-refractivity contribution in [1.82, 2.24) is 0 Å². The van der Waals surface area contributed by atoms with Crippen molar-refractivity contribution >= 4 is 0 Å². The Morgan fingerprint density at radius 3 is 2.41 bits per heavy atom. The van der Waals surface area contributed by atoms with Crippen LogP contribution in [0.15, 0.2) is 47.6 Å². The van der Waals surface area contributed by atoms with Crippen LogP contribution < -0.4 is 0 Å². The average molecular weight is 303 g/mol. The summed E-state index contributed by atoms with van der Waals surface area (Å²) in [5.74, 6) is 1.58. The van der Waals surface area contributed by atoms with Gasteiger partial charge in [0.25, 0.3) is 0 Å². The molecule has 0 aromatic heterocycles. The van der Waals surface area contributed by atoms with Crippen LogP contribution in [0.4, 0.5) is 0 Å². The van der Waals surface area contributed by atoms with E-state index in [1.165, 1.54) is 44.1 Å². The summed E-state index contributed by atoms with van der Waals surface area (Å²) in [6.45, 7) is 12.9. The number of hydrogen-bond acceptors (Lipinski definition) is 0. The smallest absolute Gasteiger partial charge is 0.00233 e. The Balaban J connectivity index is 0.000000980. The summed E-state index contributed by atoms with van der Waals surface area (Å²) in [6, 6.07) is 0. The topological polar surface area (TPSA) is 0 Å². The quantitative estimate of drug-likeness (QED) is 0.268. The van der Waals surface area contributed by atoms with Crippen LogP contribution in [0.2, 0.25) is 0 Å². The van der Waals surface area contributed by atoms with E-state index in [2.05, 4.69) is 78.0 Å². The molecule has 0 bridgehead atoms. The second-order valence-electron chi connectivity index (χ2n) is 6.78. The largest absolute Gasteiger partial charge is 0.0879 e. The second-order valence-corrected chi connectivity index (χ2v) is 6.78.